The van der Waals surface area contributed by atoms with Crippen LogP contribution in [-0.4, -0.2) is 19.3 Å². The van der Waals surface area contributed by atoms with Crippen molar-refractivity contribution >= 4 is 10.0 Å². The Morgan fingerprint density at radius 3 is 2.32 bits per heavy atom. The number of nitrogens with zero attached hydrogens (tertiary/aromatic N) is 1. The predicted molar refractivity (Wildman–Crippen MR) is 85.8 cm³/mol. The molecular weight excluding hydrogens is 298 g/mol. The first-order valence-corrected chi connectivity index (χ1v) is 8.38. The first-order valence-electron chi connectivity index (χ1n) is 6.94. The first-order chi connectivity index (χ1) is 10.4. The summed E-state index contributed by atoms with van der Waals surface area (Å²) in [6.45, 7) is 5.47. The number of furan rings is 1. The van der Waals surface area contributed by atoms with Gasteiger partial charge in [-0.15, -0.1) is 6.42 Å². The van der Waals surface area contributed by atoms with Crippen molar-refractivity contribution < 1.29 is 12.8 Å². The average molecular weight is 317 g/mol. The van der Waals surface area contributed by atoms with Crippen LogP contribution in [0.2, 0.25) is 0 Å². The number of rotatable bonds is 5. The highest BCUT2D eigenvalue weighted by Crippen LogP contribution is 2.28. The Balaban J connectivity index is 2.42. The Labute approximate surface area is 131 Å². The lowest BCUT2D eigenvalue weighted by molar-refractivity contribution is 0.318. The SMILES string of the molecule is C#CCN(C(C)c1ccc(C)o1)S(=O)(=O)c1ccc(C)cc1. The lowest BCUT2D eigenvalue weighted by atomic mass is 10.2. The van der Waals surface area contributed by atoms with E-state index in [0.29, 0.717) is 5.76 Å². The molecule has 1 heterocycles. The number of sulfonamides is 1. The van der Waals surface area contributed by atoms with Crippen molar-refractivity contribution in [2.75, 3.05) is 6.54 Å². The molecule has 0 N–H and O–H groups in total. The van der Waals surface area contributed by atoms with Gasteiger partial charge in [-0.3, -0.25) is 0 Å². The average Bonchev–Trinajstić information content (AvgIpc) is 2.91. The first kappa shape index (κ1) is 16.3. The minimum absolute atomic E-state index is 0.0167. The highest BCUT2D eigenvalue weighted by molar-refractivity contribution is 7.89. The third-order valence-electron chi connectivity index (χ3n) is 3.48. The molecule has 2 rings (SSSR count). The van der Waals surface area contributed by atoms with Gasteiger partial charge in [0.25, 0.3) is 0 Å². The van der Waals surface area contributed by atoms with Crippen molar-refractivity contribution in [3.63, 3.8) is 0 Å². The molecule has 2 aromatic rings. The van der Waals surface area contributed by atoms with Crippen LogP contribution >= 0.6 is 0 Å². The fourth-order valence-corrected chi connectivity index (χ4v) is 3.70. The molecule has 4 nitrogen and oxygen atoms in total. The van der Waals surface area contributed by atoms with Gasteiger partial charge in [0, 0.05) is 0 Å². The smallest absolute Gasteiger partial charge is 0.244 e. The van der Waals surface area contributed by atoms with E-state index in [2.05, 4.69) is 5.92 Å². The van der Waals surface area contributed by atoms with Gasteiger partial charge in [0.1, 0.15) is 11.5 Å². The minimum Gasteiger partial charge on any atom is -0.465 e. The quantitative estimate of drug-likeness (QED) is 0.795. The van der Waals surface area contributed by atoms with Crippen molar-refractivity contribution in [1.82, 2.24) is 4.31 Å². The van der Waals surface area contributed by atoms with Crippen molar-refractivity contribution in [2.24, 2.45) is 0 Å². The summed E-state index contributed by atoms with van der Waals surface area (Å²) in [6.07, 6.45) is 5.36. The van der Waals surface area contributed by atoms with Crippen LogP contribution < -0.4 is 0 Å². The molecule has 0 aliphatic rings. The predicted octanol–water partition coefficient (Wildman–Crippen LogP) is 3.28. The van der Waals surface area contributed by atoms with Gasteiger partial charge in [0.15, 0.2) is 0 Å². The topological polar surface area (TPSA) is 50.5 Å². The van der Waals surface area contributed by atoms with Crippen molar-refractivity contribution in [1.29, 1.82) is 0 Å². The maximum atomic E-state index is 12.8. The molecule has 1 atom stereocenters. The molecule has 0 aliphatic heterocycles. The van der Waals surface area contributed by atoms with Gasteiger partial charge in [-0.25, -0.2) is 8.42 Å². The van der Waals surface area contributed by atoms with Crippen LogP contribution in [-0.2, 0) is 10.0 Å². The standard InChI is InChI=1S/C17H19NO3S/c1-5-12-18(15(4)17-11-8-14(3)21-17)22(19,20)16-9-6-13(2)7-10-16/h1,6-11,15H,12H2,2-4H3. The lowest BCUT2D eigenvalue weighted by Gasteiger charge is -2.25. The van der Waals surface area contributed by atoms with Gasteiger partial charge < -0.3 is 4.42 Å². The van der Waals surface area contributed by atoms with Gasteiger partial charge in [0.05, 0.1) is 17.5 Å². The molecule has 0 amide bonds. The second-order valence-electron chi connectivity index (χ2n) is 5.19. The summed E-state index contributed by atoms with van der Waals surface area (Å²) >= 11 is 0. The van der Waals surface area contributed by atoms with Gasteiger partial charge in [-0.1, -0.05) is 23.6 Å². The summed E-state index contributed by atoms with van der Waals surface area (Å²) in [5.74, 6) is 3.72. The van der Waals surface area contributed by atoms with Gasteiger partial charge in [-0.2, -0.15) is 4.31 Å². The second kappa shape index (κ2) is 6.39. The van der Waals surface area contributed by atoms with Gasteiger partial charge in [0.2, 0.25) is 10.0 Å². The molecule has 22 heavy (non-hydrogen) atoms. The molecule has 0 bridgehead atoms. The summed E-state index contributed by atoms with van der Waals surface area (Å²) < 4.78 is 32.5. The molecule has 0 radical (unpaired) electrons. The van der Waals surface area contributed by atoms with Crippen molar-refractivity contribution in [3.05, 3.63) is 53.5 Å². The second-order valence-corrected chi connectivity index (χ2v) is 7.08. The zero-order valence-corrected chi connectivity index (χ0v) is 13.7. The maximum absolute atomic E-state index is 12.8. The molecule has 1 aromatic carbocycles. The van der Waals surface area contributed by atoms with E-state index in [-0.39, 0.29) is 11.4 Å². The molecular formula is C17H19NO3S. The van der Waals surface area contributed by atoms with Crippen LogP contribution in [0, 0.1) is 26.2 Å². The lowest BCUT2D eigenvalue weighted by Crippen LogP contribution is -2.33. The fraction of sp³-hybridized carbons (Fsp3) is 0.294. The van der Waals surface area contributed by atoms with E-state index in [0.717, 1.165) is 11.3 Å². The molecule has 0 saturated heterocycles. The summed E-state index contributed by atoms with van der Waals surface area (Å²) in [7, 11) is -3.69. The summed E-state index contributed by atoms with van der Waals surface area (Å²) in [5.41, 5.74) is 0.997. The van der Waals surface area contributed by atoms with Gasteiger partial charge >= 0.3 is 0 Å². The van der Waals surface area contributed by atoms with Crippen LogP contribution in [0.4, 0.5) is 0 Å². The third-order valence-corrected chi connectivity index (χ3v) is 5.41. The van der Waals surface area contributed by atoms with E-state index in [4.69, 9.17) is 10.8 Å². The van der Waals surface area contributed by atoms with Crippen LogP contribution in [0.15, 0.2) is 45.7 Å². The monoisotopic (exact) mass is 317 g/mol. The summed E-state index contributed by atoms with van der Waals surface area (Å²) in [4.78, 5) is 0.225. The molecule has 0 saturated carbocycles. The van der Waals surface area contributed by atoms with E-state index in [1.54, 1.807) is 43.3 Å². The fourth-order valence-electron chi connectivity index (χ4n) is 2.19. The normalized spacial score (nSPS) is 13.0. The van der Waals surface area contributed by atoms with E-state index < -0.39 is 16.1 Å². The largest absolute Gasteiger partial charge is 0.465 e. The Kier molecular flexibility index (Phi) is 4.74. The van der Waals surface area contributed by atoms with E-state index in [1.807, 2.05) is 13.8 Å². The Hall–Kier alpha value is -2.03. The molecule has 0 aliphatic carbocycles. The number of benzene rings is 1. The molecule has 5 heteroatoms. The number of terminal acetylenes is 1. The third kappa shape index (κ3) is 3.24. The Bertz CT molecular complexity index is 782. The number of hydrogen-bond donors (Lipinski definition) is 0. The van der Waals surface area contributed by atoms with Gasteiger partial charge in [-0.05, 0) is 45.0 Å². The Morgan fingerprint density at radius 2 is 1.82 bits per heavy atom. The zero-order chi connectivity index (χ0) is 16.3. The molecule has 1 unspecified atom stereocenters. The summed E-state index contributed by atoms with van der Waals surface area (Å²) in [6, 6.07) is 9.82. The molecule has 1 aromatic heterocycles. The molecule has 0 fully saturated rings. The molecule has 0 spiro atoms. The summed E-state index contributed by atoms with van der Waals surface area (Å²) in [5, 5.41) is 0. The Morgan fingerprint density at radius 1 is 1.18 bits per heavy atom. The number of hydrogen-bond acceptors (Lipinski definition) is 3. The van der Waals surface area contributed by atoms with Crippen LogP contribution in [0.1, 0.15) is 30.0 Å². The minimum atomic E-state index is -3.69. The van der Waals surface area contributed by atoms with Crippen LogP contribution in [0.25, 0.3) is 0 Å². The maximum Gasteiger partial charge on any atom is 0.244 e. The van der Waals surface area contributed by atoms with E-state index in [1.165, 1.54) is 4.31 Å². The van der Waals surface area contributed by atoms with Crippen molar-refractivity contribution in [2.45, 2.75) is 31.7 Å². The zero-order valence-electron chi connectivity index (χ0n) is 12.9. The highest BCUT2D eigenvalue weighted by atomic mass is 32.2. The van der Waals surface area contributed by atoms with Crippen LogP contribution in [0.5, 0.6) is 0 Å². The molecule has 116 valence electrons. The van der Waals surface area contributed by atoms with E-state index in [9.17, 15) is 8.42 Å². The van der Waals surface area contributed by atoms with Crippen LogP contribution in [0.3, 0.4) is 0 Å². The highest BCUT2D eigenvalue weighted by Gasteiger charge is 2.30. The number of aryl methyl sites for hydroxylation is 2. The van der Waals surface area contributed by atoms with E-state index >= 15 is 0 Å². The van der Waals surface area contributed by atoms with Crippen molar-refractivity contribution in [3.8, 4) is 12.3 Å².